The second-order valence-electron chi connectivity index (χ2n) is 4.45. The number of aliphatic hydroxyl groups is 1. The molecule has 1 heterocycles. The number of hydrogen-bond donors (Lipinski definition) is 2. The van der Waals surface area contributed by atoms with Crippen molar-refractivity contribution in [1.82, 2.24) is 5.32 Å². The van der Waals surface area contributed by atoms with E-state index in [0.717, 1.165) is 23.0 Å². The molecule has 2 nitrogen and oxygen atoms in total. The van der Waals surface area contributed by atoms with E-state index in [-0.39, 0.29) is 6.10 Å². The molecule has 0 aromatic heterocycles. The van der Waals surface area contributed by atoms with Crippen molar-refractivity contribution in [1.29, 1.82) is 0 Å². The highest BCUT2D eigenvalue weighted by atomic mass is 79.9. The van der Waals surface area contributed by atoms with Gasteiger partial charge in [0, 0.05) is 10.5 Å². The lowest BCUT2D eigenvalue weighted by Crippen LogP contribution is -2.35. The van der Waals surface area contributed by atoms with Gasteiger partial charge in [0.15, 0.2) is 0 Å². The summed E-state index contributed by atoms with van der Waals surface area (Å²) in [5, 5.41) is 13.6. The molecular weight excluding hydrogens is 266 g/mol. The zero-order valence-electron chi connectivity index (χ0n) is 9.32. The van der Waals surface area contributed by atoms with Crippen LogP contribution in [0.3, 0.4) is 0 Å². The first-order valence-corrected chi connectivity index (χ1v) is 6.72. The van der Waals surface area contributed by atoms with Gasteiger partial charge in [0.2, 0.25) is 0 Å². The fourth-order valence-electron chi connectivity index (χ4n) is 2.24. The topological polar surface area (TPSA) is 32.3 Å². The second-order valence-corrected chi connectivity index (χ2v) is 5.37. The van der Waals surface area contributed by atoms with Crippen LogP contribution in [0.15, 0.2) is 28.7 Å². The van der Waals surface area contributed by atoms with E-state index in [9.17, 15) is 5.11 Å². The standard InChI is InChI=1S/C13H18BrNO/c14-11-5-3-4-10(8-11)13(16)9-12-6-1-2-7-15-12/h3-5,8,12-13,15-16H,1-2,6-7,9H2. The molecule has 0 bridgehead atoms. The van der Waals surface area contributed by atoms with Gasteiger partial charge in [0.1, 0.15) is 0 Å². The Kier molecular flexibility index (Phi) is 4.38. The van der Waals surface area contributed by atoms with E-state index in [2.05, 4.69) is 21.2 Å². The van der Waals surface area contributed by atoms with Gasteiger partial charge in [-0.05, 0) is 43.5 Å². The zero-order chi connectivity index (χ0) is 11.4. The van der Waals surface area contributed by atoms with E-state index in [1.807, 2.05) is 24.3 Å². The largest absolute Gasteiger partial charge is 0.388 e. The molecule has 88 valence electrons. The fraction of sp³-hybridized carbons (Fsp3) is 0.538. The summed E-state index contributed by atoms with van der Waals surface area (Å²) in [7, 11) is 0. The normalized spacial score (nSPS) is 23.0. The number of aliphatic hydroxyl groups excluding tert-OH is 1. The Morgan fingerprint density at radius 3 is 3.00 bits per heavy atom. The molecule has 1 aromatic rings. The van der Waals surface area contributed by atoms with E-state index in [1.165, 1.54) is 19.3 Å². The first kappa shape index (κ1) is 12.1. The third-order valence-corrected chi connectivity index (χ3v) is 3.65. The lowest BCUT2D eigenvalue weighted by molar-refractivity contribution is 0.144. The molecule has 1 aromatic carbocycles. The van der Waals surface area contributed by atoms with Crippen molar-refractivity contribution in [2.24, 2.45) is 0 Å². The number of piperidine rings is 1. The molecule has 2 unspecified atom stereocenters. The van der Waals surface area contributed by atoms with E-state index in [4.69, 9.17) is 0 Å². The summed E-state index contributed by atoms with van der Waals surface area (Å²) >= 11 is 3.43. The third-order valence-electron chi connectivity index (χ3n) is 3.15. The summed E-state index contributed by atoms with van der Waals surface area (Å²) in [4.78, 5) is 0. The van der Waals surface area contributed by atoms with Crippen molar-refractivity contribution in [3.05, 3.63) is 34.3 Å². The van der Waals surface area contributed by atoms with Crippen LogP contribution < -0.4 is 5.32 Å². The van der Waals surface area contributed by atoms with Crippen LogP contribution in [0.25, 0.3) is 0 Å². The first-order valence-electron chi connectivity index (χ1n) is 5.92. The molecule has 0 aliphatic carbocycles. The summed E-state index contributed by atoms with van der Waals surface area (Å²) < 4.78 is 1.03. The molecule has 1 fully saturated rings. The molecule has 2 N–H and O–H groups in total. The molecule has 0 spiro atoms. The molecule has 2 rings (SSSR count). The van der Waals surface area contributed by atoms with Crippen molar-refractivity contribution < 1.29 is 5.11 Å². The van der Waals surface area contributed by atoms with Crippen LogP contribution in [-0.2, 0) is 0 Å². The van der Waals surface area contributed by atoms with Gasteiger partial charge >= 0.3 is 0 Å². The van der Waals surface area contributed by atoms with Crippen molar-refractivity contribution >= 4 is 15.9 Å². The molecule has 1 saturated heterocycles. The van der Waals surface area contributed by atoms with Crippen molar-refractivity contribution in [3.63, 3.8) is 0 Å². The van der Waals surface area contributed by atoms with E-state index in [1.54, 1.807) is 0 Å². The predicted molar refractivity (Wildman–Crippen MR) is 69.4 cm³/mol. The minimum absolute atomic E-state index is 0.354. The summed E-state index contributed by atoms with van der Waals surface area (Å²) in [5.41, 5.74) is 1.00. The zero-order valence-corrected chi connectivity index (χ0v) is 10.9. The average Bonchev–Trinajstić information content (AvgIpc) is 2.30. The summed E-state index contributed by atoms with van der Waals surface area (Å²) in [6, 6.07) is 8.40. The maximum absolute atomic E-state index is 10.1. The lowest BCUT2D eigenvalue weighted by atomic mass is 9.96. The lowest BCUT2D eigenvalue weighted by Gasteiger charge is -2.25. The predicted octanol–water partition coefficient (Wildman–Crippen LogP) is 3.01. The van der Waals surface area contributed by atoms with Gasteiger partial charge in [0.25, 0.3) is 0 Å². The van der Waals surface area contributed by atoms with Crippen LogP contribution in [0.4, 0.5) is 0 Å². The Bertz CT molecular complexity index is 336. The van der Waals surface area contributed by atoms with Gasteiger partial charge in [-0.25, -0.2) is 0 Å². The SMILES string of the molecule is OC(CC1CCCCN1)c1cccc(Br)c1. The van der Waals surface area contributed by atoms with Gasteiger partial charge in [-0.1, -0.05) is 34.5 Å². The van der Waals surface area contributed by atoms with Crippen molar-refractivity contribution in [3.8, 4) is 0 Å². The van der Waals surface area contributed by atoms with Crippen LogP contribution in [0, 0.1) is 0 Å². The molecule has 2 atom stereocenters. The Hall–Kier alpha value is -0.380. The van der Waals surface area contributed by atoms with Gasteiger partial charge in [-0.15, -0.1) is 0 Å². The Balaban J connectivity index is 1.94. The molecule has 0 radical (unpaired) electrons. The van der Waals surface area contributed by atoms with Crippen LogP contribution in [0.2, 0.25) is 0 Å². The molecule has 3 heteroatoms. The Morgan fingerprint density at radius 1 is 1.44 bits per heavy atom. The van der Waals surface area contributed by atoms with Gasteiger partial charge in [-0.3, -0.25) is 0 Å². The number of rotatable bonds is 3. The number of nitrogens with one attached hydrogen (secondary N) is 1. The molecule has 1 aliphatic heterocycles. The van der Waals surface area contributed by atoms with Crippen LogP contribution in [0.5, 0.6) is 0 Å². The number of halogens is 1. The number of hydrogen-bond acceptors (Lipinski definition) is 2. The van der Waals surface area contributed by atoms with Gasteiger partial charge < -0.3 is 10.4 Å². The Morgan fingerprint density at radius 2 is 2.31 bits per heavy atom. The van der Waals surface area contributed by atoms with Crippen molar-refractivity contribution in [2.45, 2.75) is 37.8 Å². The fourth-order valence-corrected chi connectivity index (χ4v) is 2.66. The summed E-state index contributed by atoms with van der Waals surface area (Å²) in [6.07, 6.45) is 4.20. The highest BCUT2D eigenvalue weighted by molar-refractivity contribution is 9.10. The highest BCUT2D eigenvalue weighted by Crippen LogP contribution is 2.24. The highest BCUT2D eigenvalue weighted by Gasteiger charge is 2.17. The molecule has 16 heavy (non-hydrogen) atoms. The maximum Gasteiger partial charge on any atom is 0.0805 e. The minimum atomic E-state index is -0.354. The molecular formula is C13H18BrNO. The second kappa shape index (κ2) is 5.80. The minimum Gasteiger partial charge on any atom is -0.388 e. The summed E-state index contributed by atoms with van der Waals surface area (Å²) in [5.74, 6) is 0. The van der Waals surface area contributed by atoms with E-state index < -0.39 is 0 Å². The van der Waals surface area contributed by atoms with E-state index in [0.29, 0.717) is 6.04 Å². The van der Waals surface area contributed by atoms with Crippen molar-refractivity contribution in [2.75, 3.05) is 6.54 Å². The monoisotopic (exact) mass is 283 g/mol. The molecule has 1 aliphatic rings. The van der Waals surface area contributed by atoms with E-state index >= 15 is 0 Å². The van der Waals surface area contributed by atoms with Crippen LogP contribution >= 0.6 is 15.9 Å². The smallest absolute Gasteiger partial charge is 0.0805 e. The average molecular weight is 284 g/mol. The number of benzene rings is 1. The maximum atomic E-state index is 10.1. The third kappa shape index (κ3) is 3.30. The molecule has 0 saturated carbocycles. The van der Waals surface area contributed by atoms with Crippen LogP contribution in [-0.4, -0.2) is 17.7 Å². The first-order chi connectivity index (χ1) is 7.75. The van der Waals surface area contributed by atoms with Gasteiger partial charge in [-0.2, -0.15) is 0 Å². The quantitative estimate of drug-likeness (QED) is 0.894. The molecule has 0 amide bonds. The van der Waals surface area contributed by atoms with Gasteiger partial charge in [0.05, 0.1) is 6.10 Å². The Labute approximate surface area is 105 Å². The van der Waals surface area contributed by atoms with Crippen LogP contribution in [0.1, 0.15) is 37.4 Å². The summed E-state index contributed by atoms with van der Waals surface area (Å²) in [6.45, 7) is 1.09.